The second-order valence-electron chi connectivity index (χ2n) is 24.6. The summed E-state index contributed by atoms with van der Waals surface area (Å²) in [4.78, 5) is 91.1. The average Bonchev–Trinajstić information content (AvgIpc) is 1.75. The summed E-state index contributed by atoms with van der Waals surface area (Å²) in [5, 5.41) is 115. The molecule has 0 bridgehead atoms. The number of aliphatic carboxylic acids is 6. The number of hydrogen-bond donors (Lipinski definition) is 25. The number of nitrogens with zero attached hydrogens (tertiary/aromatic N) is 6. The third-order valence-electron chi connectivity index (χ3n) is 15.0. The highest BCUT2D eigenvalue weighted by molar-refractivity contribution is 5.79. The number of halogens is 18. The summed E-state index contributed by atoms with van der Waals surface area (Å²) >= 11 is 0. The third kappa shape index (κ3) is 47.5. The van der Waals surface area contributed by atoms with Crippen molar-refractivity contribution in [2.45, 2.75) is 257 Å². The van der Waals surface area contributed by atoms with Crippen LogP contribution in [0.3, 0.4) is 0 Å². The minimum Gasteiger partial charge on any atom is -0.475 e. The van der Waals surface area contributed by atoms with Gasteiger partial charge in [0.2, 0.25) is 5.91 Å². The molecule has 694 valence electrons. The van der Waals surface area contributed by atoms with Gasteiger partial charge in [-0.25, -0.2) is 48.7 Å². The van der Waals surface area contributed by atoms with Crippen LogP contribution in [0, 0.1) is 0 Å². The number of nitrogens with one attached hydrogen (secondary N) is 1. The number of aliphatic hydroxyl groups excluding tert-OH is 6. The van der Waals surface area contributed by atoms with E-state index >= 15 is 0 Å². The molecule has 62 heteroatoms. The van der Waals surface area contributed by atoms with Gasteiger partial charge in [-0.15, -0.1) is 0 Å². The highest BCUT2D eigenvalue weighted by atomic mass is 19.4. The Hall–Kier alpha value is -9.83. The Morgan fingerprint density at radius 1 is 0.345 bits per heavy atom. The van der Waals surface area contributed by atoms with Gasteiger partial charge in [0.15, 0.2) is 54.6 Å². The minimum absolute atomic E-state index is 0.168. The highest BCUT2D eigenvalue weighted by Crippen LogP contribution is 2.38. The minimum atomic E-state index is -5.08. The van der Waals surface area contributed by atoms with Crippen LogP contribution in [0.4, 0.5) is 79.0 Å². The summed E-state index contributed by atoms with van der Waals surface area (Å²) in [6.45, 7) is 1.15. The molecule has 1 aliphatic carbocycles. The van der Waals surface area contributed by atoms with Gasteiger partial charge >= 0.3 is 72.9 Å². The molecule has 4 fully saturated rings. The number of aliphatic hydroxyl groups is 6. The quantitative estimate of drug-likeness (QED) is 0.0143. The number of nitrogens with two attached hydrogens (primary N) is 12. The van der Waals surface area contributed by atoms with Crippen molar-refractivity contribution in [1.82, 2.24) is 5.32 Å². The number of aliphatic imine (C=N–C) groups is 6. The van der Waals surface area contributed by atoms with Crippen LogP contribution in [0.1, 0.15) is 103 Å². The maximum absolute atomic E-state index is 13.4. The summed E-state index contributed by atoms with van der Waals surface area (Å²) in [7, 11) is 0. The Morgan fingerprint density at radius 2 is 0.613 bits per heavy atom. The summed E-state index contributed by atoms with van der Waals surface area (Å²) in [6, 6.07) is -5.55. The van der Waals surface area contributed by atoms with Crippen molar-refractivity contribution in [1.29, 1.82) is 0 Å². The number of ether oxygens (including phenoxy) is 6. The second kappa shape index (κ2) is 53.0. The van der Waals surface area contributed by atoms with Crippen LogP contribution in [0.5, 0.6) is 0 Å². The predicted molar refractivity (Wildman–Crippen MR) is 366 cm³/mol. The Balaban J connectivity index is -0.00000258. The fraction of sp³-hybridized carbons (Fsp3) is 0.772. The fourth-order valence-corrected chi connectivity index (χ4v) is 9.71. The van der Waals surface area contributed by atoms with E-state index < -0.39 is 213 Å². The Kier molecular flexibility index (Phi) is 50.4. The molecule has 0 aromatic carbocycles. The van der Waals surface area contributed by atoms with E-state index in [9.17, 15) is 114 Å². The molecule has 119 heavy (non-hydrogen) atoms. The molecule has 1 saturated carbocycles. The van der Waals surface area contributed by atoms with Crippen molar-refractivity contribution in [3.8, 4) is 0 Å². The normalized spacial score (nSPS) is 26.0. The molecule has 3 aliphatic heterocycles. The van der Waals surface area contributed by atoms with Gasteiger partial charge in [0.1, 0.15) is 85.3 Å². The number of carboxylic acids is 6. The van der Waals surface area contributed by atoms with Crippen molar-refractivity contribution < 1.29 is 202 Å². The van der Waals surface area contributed by atoms with E-state index in [2.05, 4.69) is 42.2 Å². The topological polar surface area (TPSA) is 816 Å². The van der Waals surface area contributed by atoms with E-state index in [0.717, 1.165) is 25.7 Å². The SMILES string of the molecule is CCCCCCCCCCCCCCCC(=O)NC[C@H]1O[C@@H](O[C@@H]2[C@@H](O)[C@H](N=C(N)N)C[C@H](N=C(N)N)[C@H]2O[C@H]2O[C@H](CN=C(N)N)[C@@H](O)[C@H](O)[C@H]2N=C(N)N)[C@H](O)[C@@H]1O[C@H]1O[C@@H](CN=C(N)N)[C@@H](O)[C@H](O)[C@H]1N=C(N)N.O=C(O)C(F)(F)F.O=C(O)C(F)(F)F.O=C(O)C(F)(F)F.O=C(O)C(F)(F)F.O=C(O)C(F)(F)F.O=C(O)C(F)(F)F. The van der Waals surface area contributed by atoms with Gasteiger partial charge in [-0.1, -0.05) is 84.0 Å². The molecule has 1 amide bonds. The van der Waals surface area contributed by atoms with Gasteiger partial charge in [0.25, 0.3) is 0 Å². The number of amides is 1. The largest absolute Gasteiger partial charge is 0.490 e. The summed E-state index contributed by atoms with van der Waals surface area (Å²) in [6.07, 6.45) is -40.4. The maximum Gasteiger partial charge on any atom is 0.490 e. The zero-order chi connectivity index (χ0) is 93.4. The van der Waals surface area contributed by atoms with E-state index in [0.29, 0.717) is 6.42 Å². The monoisotopic (exact) mass is 1790 g/mol. The molecule has 4 aliphatic rings. The Morgan fingerprint density at radius 3 is 0.899 bits per heavy atom. The molecular formula is C57H95F18N19O25. The lowest BCUT2D eigenvalue weighted by Crippen LogP contribution is -2.64. The number of carbonyl (C=O) groups excluding carboxylic acids is 1. The molecule has 0 radical (unpaired) electrons. The van der Waals surface area contributed by atoms with Crippen LogP contribution >= 0.6 is 0 Å². The fourth-order valence-electron chi connectivity index (χ4n) is 9.71. The first-order valence-electron chi connectivity index (χ1n) is 33.7. The molecular weight excluding hydrogens is 1690 g/mol. The predicted octanol–water partition coefficient (Wildman–Crippen LogP) is -3.60. The van der Waals surface area contributed by atoms with Crippen molar-refractivity contribution in [3.05, 3.63) is 0 Å². The number of carbonyl (C=O) groups is 7. The van der Waals surface area contributed by atoms with E-state index in [1.165, 1.54) is 51.4 Å². The number of guanidine groups is 6. The van der Waals surface area contributed by atoms with E-state index in [-0.39, 0.29) is 50.3 Å². The molecule has 0 aromatic rings. The Bertz CT molecular complexity index is 3080. The number of unbranched alkanes of at least 4 members (excludes halogenated alkanes) is 12. The molecule has 19 atom stereocenters. The standard InChI is InChI=1S/C45H89N19O13.6C2HF3O2/c1-2-3-4-5-6-7-8-9-10-11-12-13-14-15-25(65)58-19-24-35(76-38-27(64-45(56)57)32(70)30(68)23(73-38)18-60-41(48)49)33(71)39(74-24)77-36-28(66)20(61-42(50)51)16-21(62-43(52)53)34(36)75-37-26(63-44(54)55)31(69)29(67)22(72-37)17-59-40(46)47;6*3-2(4,5)1(6)7/h20-24,26-39,66-71H,2-19H2,1H3,(H,58,65)(H4,46,47,59)(H4,48,49,60)(H4,50,51,61)(H4,52,53,62)(H4,54,55,63)(H4,56,57,64);6*(H,6,7)/t20-,21+,22-,23+,24-,26-,27-,28+,29-,30-,31-,32-,33-,34-,35-,36-,37-,38-,39+;;;;;;/m1....../s1. The number of hydrogen-bond acceptors (Lipinski definition) is 25. The van der Waals surface area contributed by atoms with Crippen LogP contribution in [0.25, 0.3) is 0 Å². The van der Waals surface area contributed by atoms with Gasteiger partial charge in [-0.2, -0.15) is 79.0 Å². The zero-order valence-corrected chi connectivity index (χ0v) is 61.8. The van der Waals surface area contributed by atoms with Crippen LogP contribution in [0.2, 0.25) is 0 Å². The average molecular weight is 1790 g/mol. The molecule has 0 aromatic heterocycles. The van der Waals surface area contributed by atoms with E-state index in [4.69, 9.17) is 157 Å². The molecule has 37 N–H and O–H groups in total. The molecule has 0 unspecified atom stereocenters. The molecule has 44 nitrogen and oxygen atoms in total. The molecule has 4 rings (SSSR count). The van der Waals surface area contributed by atoms with Gasteiger partial charge in [0.05, 0.1) is 25.2 Å². The summed E-state index contributed by atoms with van der Waals surface area (Å²) < 4.78 is 228. The number of alkyl halides is 18. The van der Waals surface area contributed by atoms with Crippen molar-refractivity contribution in [2.24, 2.45) is 98.8 Å². The maximum atomic E-state index is 13.4. The zero-order valence-electron chi connectivity index (χ0n) is 61.8. The van der Waals surface area contributed by atoms with Crippen molar-refractivity contribution >= 4 is 77.5 Å². The van der Waals surface area contributed by atoms with Crippen LogP contribution < -0.4 is 74.1 Å². The van der Waals surface area contributed by atoms with Crippen LogP contribution in [-0.2, 0) is 62.0 Å². The third-order valence-corrected chi connectivity index (χ3v) is 15.0. The number of rotatable bonds is 30. The van der Waals surface area contributed by atoms with Gasteiger partial charge < -0.3 is 164 Å². The van der Waals surface area contributed by atoms with Gasteiger partial charge in [0, 0.05) is 13.0 Å². The second-order valence-corrected chi connectivity index (χ2v) is 24.6. The lowest BCUT2D eigenvalue weighted by atomic mass is 9.83. The van der Waals surface area contributed by atoms with Gasteiger partial charge in [-0.05, 0) is 12.8 Å². The van der Waals surface area contributed by atoms with Gasteiger partial charge in [-0.3, -0.25) is 14.8 Å². The molecule has 3 heterocycles. The molecule has 0 spiro atoms. The van der Waals surface area contributed by atoms with E-state index in [1.54, 1.807) is 0 Å². The smallest absolute Gasteiger partial charge is 0.475 e. The molecule has 3 saturated heterocycles. The first kappa shape index (κ1) is 113. The summed E-state index contributed by atoms with van der Waals surface area (Å²) in [5.74, 6) is -19.6. The van der Waals surface area contributed by atoms with Crippen molar-refractivity contribution in [2.75, 3.05) is 19.6 Å². The van der Waals surface area contributed by atoms with Crippen molar-refractivity contribution in [3.63, 3.8) is 0 Å². The van der Waals surface area contributed by atoms with Crippen LogP contribution in [-0.4, -0.2) is 312 Å². The highest BCUT2D eigenvalue weighted by Gasteiger charge is 2.57. The lowest BCUT2D eigenvalue weighted by Gasteiger charge is -2.47. The summed E-state index contributed by atoms with van der Waals surface area (Å²) in [5.41, 5.74) is 68.5. The number of carboxylic acid groups (broad SMARTS) is 6. The van der Waals surface area contributed by atoms with Crippen LogP contribution in [0.15, 0.2) is 30.0 Å². The Labute approximate surface area is 659 Å². The first-order chi connectivity index (χ1) is 54.2. The lowest BCUT2D eigenvalue weighted by molar-refractivity contribution is -0.306. The first-order valence-corrected chi connectivity index (χ1v) is 33.7. The van der Waals surface area contributed by atoms with E-state index in [1.807, 2.05) is 0 Å².